The third kappa shape index (κ3) is 2.97. The molecular weight excluding hydrogens is 300 g/mol. The zero-order valence-corrected chi connectivity index (χ0v) is 12.8. The van der Waals surface area contributed by atoms with Gasteiger partial charge in [0.25, 0.3) is 16.0 Å². The van der Waals surface area contributed by atoms with Gasteiger partial charge in [-0.25, -0.2) is 8.78 Å². The monoisotopic (exact) mass is 323 g/mol. The first-order valence-corrected chi connectivity index (χ1v) is 9.29. The summed E-state index contributed by atoms with van der Waals surface area (Å²) in [4.78, 5) is 0. The van der Waals surface area contributed by atoms with Crippen LogP contribution in [0.15, 0.2) is 0 Å². The second-order valence-corrected chi connectivity index (χ2v) is 9.13. The predicted molar refractivity (Wildman–Crippen MR) is 74.6 cm³/mol. The predicted octanol–water partition coefficient (Wildman–Crippen LogP) is 2.44. The van der Waals surface area contributed by atoms with Gasteiger partial charge < -0.3 is 5.73 Å². The summed E-state index contributed by atoms with van der Waals surface area (Å²) in [6, 6.07) is -0.350. The Morgan fingerprint density at radius 2 is 1.76 bits per heavy atom. The van der Waals surface area contributed by atoms with Crippen molar-refractivity contribution in [1.29, 1.82) is 0 Å². The second-order valence-electron chi connectivity index (χ2n) is 7.56. The molecule has 7 heteroatoms. The molecule has 4 rings (SSSR count). The lowest BCUT2D eigenvalue weighted by Gasteiger charge is -2.60. The summed E-state index contributed by atoms with van der Waals surface area (Å²) in [5.41, 5.74) is 5.88. The Morgan fingerprint density at radius 1 is 1.19 bits per heavy atom. The van der Waals surface area contributed by atoms with Crippen LogP contribution < -0.4 is 5.73 Å². The normalized spacial score (nSPS) is 42.2. The minimum Gasteiger partial charge on any atom is -0.328 e. The van der Waals surface area contributed by atoms with Gasteiger partial charge >= 0.3 is 0 Å². The van der Waals surface area contributed by atoms with Gasteiger partial charge in [0.1, 0.15) is 0 Å². The van der Waals surface area contributed by atoms with Gasteiger partial charge in [-0.2, -0.15) is 8.42 Å². The Morgan fingerprint density at radius 3 is 2.29 bits per heavy atom. The van der Waals surface area contributed by atoms with Crippen molar-refractivity contribution in [2.45, 2.75) is 56.9 Å². The van der Waals surface area contributed by atoms with Crippen LogP contribution in [0, 0.1) is 23.2 Å². The van der Waals surface area contributed by atoms with E-state index < -0.39 is 27.9 Å². The highest BCUT2D eigenvalue weighted by Crippen LogP contribution is 2.66. The van der Waals surface area contributed by atoms with E-state index in [-0.39, 0.29) is 23.6 Å². The molecule has 0 saturated heterocycles. The molecule has 0 radical (unpaired) electrons. The summed E-state index contributed by atoms with van der Waals surface area (Å²) in [7, 11) is -4.00. The van der Waals surface area contributed by atoms with Gasteiger partial charge in [0, 0.05) is 17.9 Å². The van der Waals surface area contributed by atoms with Crippen molar-refractivity contribution < 1.29 is 21.8 Å². The minimum atomic E-state index is -4.00. The summed E-state index contributed by atoms with van der Waals surface area (Å²) in [6.45, 7) is 0. The molecule has 3 atom stereocenters. The van der Waals surface area contributed by atoms with E-state index in [9.17, 15) is 17.2 Å². The van der Waals surface area contributed by atoms with Crippen molar-refractivity contribution in [2.75, 3.05) is 5.75 Å². The summed E-state index contributed by atoms with van der Waals surface area (Å²) >= 11 is 0. The molecule has 4 nitrogen and oxygen atoms in total. The number of nitrogens with two attached hydrogens (primary N) is 1. The second kappa shape index (κ2) is 4.86. The maximum absolute atomic E-state index is 14.2. The molecule has 4 aliphatic carbocycles. The number of rotatable bonds is 5. The van der Waals surface area contributed by atoms with Crippen LogP contribution in [-0.4, -0.2) is 30.7 Å². The molecule has 0 amide bonds. The smallest absolute Gasteiger partial charge is 0.264 e. The average Bonchev–Trinajstić information content (AvgIpc) is 2.32. The summed E-state index contributed by atoms with van der Waals surface area (Å²) < 4.78 is 58.7. The molecule has 0 aromatic rings. The van der Waals surface area contributed by atoms with E-state index in [0.717, 1.165) is 6.42 Å². The first kappa shape index (κ1) is 15.6. The highest BCUT2D eigenvalue weighted by molar-refractivity contribution is 7.85. The van der Waals surface area contributed by atoms with E-state index in [0.29, 0.717) is 38.0 Å². The molecule has 0 aromatic heterocycles. The molecule has 3 unspecified atom stereocenters. The third-order valence-electron chi connectivity index (χ3n) is 5.85. The first-order valence-electron chi connectivity index (χ1n) is 7.68. The van der Waals surface area contributed by atoms with Gasteiger partial charge in [0.15, 0.2) is 0 Å². The van der Waals surface area contributed by atoms with E-state index in [1.54, 1.807) is 0 Å². The fourth-order valence-electron chi connectivity index (χ4n) is 5.27. The lowest BCUT2D eigenvalue weighted by atomic mass is 9.47. The van der Waals surface area contributed by atoms with E-state index >= 15 is 0 Å². The third-order valence-corrected chi connectivity index (χ3v) is 6.60. The number of hydrogen-bond donors (Lipinski definition) is 2. The Labute approximate surface area is 124 Å². The topological polar surface area (TPSA) is 80.4 Å². The van der Waals surface area contributed by atoms with E-state index in [1.165, 1.54) is 0 Å². The quantitative estimate of drug-likeness (QED) is 0.762. The van der Waals surface area contributed by atoms with Gasteiger partial charge in [-0.05, 0) is 56.3 Å². The minimum absolute atomic E-state index is 0.128. The van der Waals surface area contributed by atoms with Crippen molar-refractivity contribution in [3.63, 3.8) is 0 Å². The lowest BCUT2D eigenvalue weighted by molar-refractivity contribution is -0.228. The van der Waals surface area contributed by atoms with E-state index in [2.05, 4.69) is 0 Å². The fourth-order valence-corrected chi connectivity index (χ4v) is 5.87. The van der Waals surface area contributed by atoms with E-state index in [4.69, 9.17) is 10.3 Å². The van der Waals surface area contributed by atoms with Crippen LogP contribution >= 0.6 is 0 Å². The Balaban J connectivity index is 1.66. The van der Waals surface area contributed by atoms with Crippen molar-refractivity contribution in [3.05, 3.63) is 0 Å². The number of alkyl halides is 2. The molecule has 0 aliphatic heterocycles. The van der Waals surface area contributed by atoms with Gasteiger partial charge in [-0.1, -0.05) is 0 Å². The molecule has 0 spiro atoms. The van der Waals surface area contributed by atoms with Crippen LogP contribution in [0.5, 0.6) is 0 Å². The highest BCUT2D eigenvalue weighted by Gasteiger charge is 2.63. The van der Waals surface area contributed by atoms with Crippen molar-refractivity contribution in [3.8, 4) is 0 Å². The Kier molecular flexibility index (Phi) is 3.62. The maximum atomic E-state index is 14.2. The molecule has 3 N–H and O–H groups in total. The number of hydrogen-bond acceptors (Lipinski definition) is 3. The van der Waals surface area contributed by atoms with Crippen LogP contribution in [-0.2, 0) is 10.1 Å². The first-order chi connectivity index (χ1) is 9.60. The van der Waals surface area contributed by atoms with Gasteiger partial charge in [-0.15, -0.1) is 0 Å². The van der Waals surface area contributed by atoms with Gasteiger partial charge in [-0.3, -0.25) is 4.55 Å². The molecule has 4 bridgehead atoms. The molecule has 0 heterocycles. The molecule has 4 fully saturated rings. The fraction of sp³-hybridized carbons (Fsp3) is 1.00. The van der Waals surface area contributed by atoms with Crippen molar-refractivity contribution in [2.24, 2.45) is 28.9 Å². The lowest BCUT2D eigenvalue weighted by Crippen LogP contribution is -2.58. The van der Waals surface area contributed by atoms with Crippen LogP contribution in [0.3, 0.4) is 0 Å². The summed E-state index contributed by atoms with van der Waals surface area (Å²) in [5, 5.41) is 0. The Bertz CT molecular complexity index is 504. The molecule has 4 aliphatic rings. The molecular formula is C14H23F2NO3S. The largest absolute Gasteiger partial charge is 0.328 e. The highest BCUT2D eigenvalue weighted by atomic mass is 32.2. The zero-order valence-electron chi connectivity index (χ0n) is 12.0. The van der Waals surface area contributed by atoms with Crippen molar-refractivity contribution >= 4 is 10.1 Å². The van der Waals surface area contributed by atoms with Crippen LogP contribution in [0.1, 0.15) is 44.9 Å². The SMILES string of the molecule is NC(CCS(=O)(=O)O)CC12CC3CC(C1)C(F)(F)C(C3)C2. The van der Waals surface area contributed by atoms with Gasteiger partial charge in [0.05, 0.1) is 5.75 Å². The molecule has 4 saturated carbocycles. The number of halogens is 2. The summed E-state index contributed by atoms with van der Waals surface area (Å²) in [5.74, 6) is -3.53. The maximum Gasteiger partial charge on any atom is 0.264 e. The van der Waals surface area contributed by atoms with E-state index in [1.807, 2.05) is 0 Å². The standard InChI is InChI=1S/C14H23F2NO3S/c15-14(16)10-3-9-4-11(14)7-13(5-9,6-10)8-12(17)1-2-21(18,19)20/h9-12H,1-8,17H2,(H,18,19,20). The van der Waals surface area contributed by atoms with Gasteiger partial charge in [0.2, 0.25) is 0 Å². The molecule has 0 aromatic carbocycles. The summed E-state index contributed by atoms with van der Waals surface area (Å²) in [6.07, 6.45) is 4.05. The van der Waals surface area contributed by atoms with Crippen LogP contribution in [0.4, 0.5) is 8.78 Å². The Hall–Kier alpha value is -0.270. The van der Waals surface area contributed by atoms with Crippen LogP contribution in [0.25, 0.3) is 0 Å². The zero-order chi connectivity index (χ0) is 15.5. The molecule has 122 valence electrons. The van der Waals surface area contributed by atoms with Crippen molar-refractivity contribution in [1.82, 2.24) is 0 Å². The molecule has 21 heavy (non-hydrogen) atoms. The van der Waals surface area contributed by atoms with Crippen LogP contribution in [0.2, 0.25) is 0 Å². The average molecular weight is 323 g/mol.